The van der Waals surface area contributed by atoms with Crippen LogP contribution in [0.2, 0.25) is 0 Å². The topological polar surface area (TPSA) is 46.2 Å². The Morgan fingerprint density at radius 2 is 1.85 bits per heavy atom. The van der Waals surface area contributed by atoms with Crippen LogP contribution in [0.3, 0.4) is 0 Å². The first-order valence-corrected chi connectivity index (χ1v) is 9.21. The van der Waals surface area contributed by atoms with E-state index in [0.29, 0.717) is 10.4 Å². The molecule has 0 aliphatic carbocycles. The quantitative estimate of drug-likeness (QED) is 0.619. The molecular formula is C18H12F3NO2S2. The fourth-order valence-electron chi connectivity index (χ4n) is 2.24. The molecule has 1 aromatic carbocycles. The van der Waals surface area contributed by atoms with Gasteiger partial charge in [-0.2, -0.15) is 24.5 Å². The van der Waals surface area contributed by atoms with E-state index in [1.165, 1.54) is 34.8 Å². The first kappa shape index (κ1) is 18.3. The molecule has 3 aromatic rings. The zero-order valence-corrected chi connectivity index (χ0v) is 14.8. The van der Waals surface area contributed by atoms with Gasteiger partial charge in [0.15, 0.2) is 0 Å². The summed E-state index contributed by atoms with van der Waals surface area (Å²) in [6.45, 7) is 0.136. The molecular weight excluding hydrogens is 383 g/mol. The lowest BCUT2D eigenvalue weighted by Gasteiger charge is -2.08. The van der Waals surface area contributed by atoms with Gasteiger partial charge in [0.05, 0.1) is 17.0 Å². The van der Waals surface area contributed by atoms with Crippen molar-refractivity contribution in [3.05, 3.63) is 79.7 Å². The molecule has 0 radical (unpaired) electrons. The maximum atomic E-state index is 12.7. The second kappa shape index (κ2) is 7.43. The lowest BCUT2D eigenvalue weighted by molar-refractivity contribution is -0.137. The van der Waals surface area contributed by atoms with Gasteiger partial charge in [-0.05, 0) is 41.8 Å². The Labute approximate surface area is 155 Å². The monoisotopic (exact) mass is 395 g/mol. The third kappa shape index (κ3) is 4.20. The van der Waals surface area contributed by atoms with Crippen LogP contribution in [-0.2, 0) is 12.7 Å². The van der Waals surface area contributed by atoms with Crippen molar-refractivity contribution in [2.24, 2.45) is 0 Å². The molecule has 3 rings (SSSR count). The summed E-state index contributed by atoms with van der Waals surface area (Å²) < 4.78 is 38.1. The number of carbonyl (C=O) groups excluding carboxylic acids is 2. The van der Waals surface area contributed by atoms with E-state index in [2.05, 4.69) is 5.32 Å². The van der Waals surface area contributed by atoms with Crippen molar-refractivity contribution in [3.8, 4) is 0 Å². The number of carbonyl (C=O) groups is 2. The lowest BCUT2D eigenvalue weighted by Crippen LogP contribution is -2.22. The van der Waals surface area contributed by atoms with E-state index in [1.54, 1.807) is 23.6 Å². The van der Waals surface area contributed by atoms with Gasteiger partial charge >= 0.3 is 6.18 Å². The van der Waals surface area contributed by atoms with Crippen LogP contribution >= 0.6 is 22.7 Å². The highest BCUT2D eigenvalue weighted by Gasteiger charge is 2.30. The molecule has 0 atom stereocenters. The van der Waals surface area contributed by atoms with E-state index in [1.807, 2.05) is 5.38 Å². The number of thiophene rings is 2. The van der Waals surface area contributed by atoms with E-state index in [4.69, 9.17) is 0 Å². The third-order valence-corrected chi connectivity index (χ3v) is 5.31. The van der Waals surface area contributed by atoms with Crippen molar-refractivity contribution in [2.75, 3.05) is 0 Å². The minimum atomic E-state index is -4.50. The number of rotatable bonds is 5. The molecule has 1 amide bonds. The van der Waals surface area contributed by atoms with Crippen LogP contribution in [0.5, 0.6) is 0 Å². The number of amides is 1. The molecule has 0 unspecified atom stereocenters. The van der Waals surface area contributed by atoms with Crippen LogP contribution in [-0.4, -0.2) is 11.7 Å². The van der Waals surface area contributed by atoms with E-state index in [-0.39, 0.29) is 17.9 Å². The van der Waals surface area contributed by atoms with E-state index >= 15 is 0 Å². The van der Waals surface area contributed by atoms with Crippen molar-refractivity contribution >= 4 is 34.4 Å². The van der Waals surface area contributed by atoms with Gasteiger partial charge in [0.1, 0.15) is 0 Å². The Hall–Kier alpha value is -2.45. The standard InChI is InChI=1S/C18H12F3NO2S2/c19-18(20,21)13-3-1-2-11(8-13)17(24)22-9-14-4-5-15(26-14)16(23)12-6-7-25-10-12/h1-8,10H,9H2,(H,22,24). The SMILES string of the molecule is O=C(NCc1ccc(C(=O)c2ccsc2)s1)c1cccc(C(F)(F)F)c1. The predicted octanol–water partition coefficient (Wildman–Crippen LogP) is 4.99. The van der Waals surface area contributed by atoms with Crippen molar-refractivity contribution in [1.29, 1.82) is 0 Å². The number of halogens is 3. The second-order valence-electron chi connectivity index (χ2n) is 5.37. The highest BCUT2D eigenvalue weighted by atomic mass is 32.1. The summed E-state index contributed by atoms with van der Waals surface area (Å²) in [4.78, 5) is 25.6. The molecule has 0 spiro atoms. The van der Waals surface area contributed by atoms with Crippen LogP contribution in [0.25, 0.3) is 0 Å². The van der Waals surface area contributed by atoms with Gasteiger partial charge in [-0.15, -0.1) is 11.3 Å². The van der Waals surface area contributed by atoms with Gasteiger partial charge < -0.3 is 5.32 Å². The highest BCUT2D eigenvalue weighted by Crippen LogP contribution is 2.29. The van der Waals surface area contributed by atoms with Crippen LogP contribution in [0.15, 0.2) is 53.2 Å². The molecule has 2 heterocycles. The van der Waals surface area contributed by atoms with Crippen LogP contribution in [0.4, 0.5) is 13.2 Å². The second-order valence-corrected chi connectivity index (χ2v) is 7.32. The molecule has 0 aliphatic rings. The van der Waals surface area contributed by atoms with E-state index in [9.17, 15) is 22.8 Å². The molecule has 0 saturated carbocycles. The van der Waals surface area contributed by atoms with Crippen molar-refractivity contribution in [3.63, 3.8) is 0 Å². The van der Waals surface area contributed by atoms with Crippen LogP contribution in [0, 0.1) is 0 Å². The van der Waals surface area contributed by atoms with Gasteiger partial charge in [0.25, 0.3) is 5.91 Å². The predicted molar refractivity (Wildman–Crippen MR) is 94.7 cm³/mol. The molecule has 8 heteroatoms. The fourth-order valence-corrected chi connectivity index (χ4v) is 3.78. The van der Waals surface area contributed by atoms with Gasteiger partial charge in [-0.1, -0.05) is 6.07 Å². The maximum Gasteiger partial charge on any atom is 0.416 e. The fraction of sp³-hybridized carbons (Fsp3) is 0.111. The first-order chi connectivity index (χ1) is 12.3. The van der Waals surface area contributed by atoms with Crippen molar-refractivity contribution < 1.29 is 22.8 Å². The number of hydrogen-bond donors (Lipinski definition) is 1. The summed E-state index contributed by atoms with van der Waals surface area (Å²) in [5, 5.41) is 6.15. The molecule has 0 saturated heterocycles. The molecule has 1 N–H and O–H groups in total. The summed E-state index contributed by atoms with van der Waals surface area (Å²) >= 11 is 2.67. The average Bonchev–Trinajstić information content (AvgIpc) is 3.30. The molecule has 134 valence electrons. The van der Waals surface area contributed by atoms with E-state index < -0.39 is 17.6 Å². The normalized spacial score (nSPS) is 11.3. The summed E-state index contributed by atoms with van der Waals surface area (Å²) in [5.41, 5.74) is -0.327. The number of benzene rings is 1. The highest BCUT2D eigenvalue weighted by molar-refractivity contribution is 7.14. The number of alkyl halides is 3. The largest absolute Gasteiger partial charge is 0.416 e. The number of nitrogens with one attached hydrogen (secondary N) is 1. The van der Waals surface area contributed by atoms with Crippen molar-refractivity contribution in [2.45, 2.75) is 12.7 Å². The Kier molecular flexibility index (Phi) is 5.24. The smallest absolute Gasteiger partial charge is 0.347 e. The number of ketones is 1. The molecule has 0 bridgehead atoms. The summed E-state index contributed by atoms with van der Waals surface area (Å²) in [6, 6.07) is 9.38. The summed E-state index contributed by atoms with van der Waals surface area (Å²) in [7, 11) is 0. The summed E-state index contributed by atoms with van der Waals surface area (Å²) in [6.07, 6.45) is -4.50. The molecule has 26 heavy (non-hydrogen) atoms. The molecule has 3 nitrogen and oxygen atoms in total. The third-order valence-electron chi connectivity index (χ3n) is 3.54. The zero-order chi connectivity index (χ0) is 18.7. The zero-order valence-electron chi connectivity index (χ0n) is 13.2. The van der Waals surface area contributed by atoms with E-state index in [0.717, 1.165) is 17.0 Å². The van der Waals surface area contributed by atoms with Gasteiger partial charge in [0.2, 0.25) is 5.78 Å². The minimum Gasteiger partial charge on any atom is -0.347 e. The molecule has 2 aromatic heterocycles. The molecule has 0 fully saturated rings. The van der Waals surface area contributed by atoms with Crippen LogP contribution < -0.4 is 5.32 Å². The summed E-state index contributed by atoms with van der Waals surface area (Å²) in [5.74, 6) is -0.693. The Bertz CT molecular complexity index is 930. The Morgan fingerprint density at radius 1 is 1.04 bits per heavy atom. The van der Waals surface area contributed by atoms with Gasteiger partial charge in [0, 0.05) is 21.4 Å². The first-order valence-electron chi connectivity index (χ1n) is 7.45. The maximum absolute atomic E-state index is 12.7. The van der Waals surface area contributed by atoms with Gasteiger partial charge in [-0.3, -0.25) is 9.59 Å². The van der Waals surface area contributed by atoms with Gasteiger partial charge in [-0.25, -0.2) is 0 Å². The minimum absolute atomic E-state index is 0.0639. The Morgan fingerprint density at radius 3 is 2.54 bits per heavy atom. The van der Waals surface area contributed by atoms with Crippen LogP contribution in [0.1, 0.15) is 36.0 Å². The number of hydrogen-bond acceptors (Lipinski definition) is 4. The Balaban J connectivity index is 1.65. The lowest BCUT2D eigenvalue weighted by atomic mass is 10.1. The average molecular weight is 395 g/mol. The van der Waals surface area contributed by atoms with Crippen molar-refractivity contribution in [1.82, 2.24) is 5.32 Å². The molecule has 0 aliphatic heterocycles.